The highest BCUT2D eigenvalue weighted by atomic mass is 16.5. The number of fused-ring (bicyclic) bond motifs is 1. The number of amides is 1. The molecule has 0 unspecified atom stereocenters. The molecule has 0 aliphatic carbocycles. The predicted octanol–water partition coefficient (Wildman–Crippen LogP) is 1.79. The fraction of sp³-hybridized carbons (Fsp3) is 0.550. The molecule has 27 heavy (non-hydrogen) atoms. The molecule has 1 saturated heterocycles. The number of hydrogen-bond acceptors (Lipinski definition) is 5. The number of carbonyl (C=O) groups excluding carboxylic acids is 1. The van der Waals surface area contributed by atoms with Gasteiger partial charge in [0.15, 0.2) is 0 Å². The van der Waals surface area contributed by atoms with E-state index in [9.17, 15) is 4.79 Å². The second kappa shape index (κ2) is 7.68. The van der Waals surface area contributed by atoms with Crippen molar-refractivity contribution in [2.75, 3.05) is 40.3 Å². The summed E-state index contributed by atoms with van der Waals surface area (Å²) in [5.41, 5.74) is 0.619. The van der Waals surface area contributed by atoms with Gasteiger partial charge in [0.25, 0.3) is 5.91 Å². The van der Waals surface area contributed by atoms with Crippen LogP contribution in [-0.4, -0.2) is 70.8 Å². The molecule has 0 bridgehead atoms. The molecule has 144 valence electrons. The molecule has 0 spiro atoms. The van der Waals surface area contributed by atoms with E-state index in [1.165, 1.54) is 0 Å². The summed E-state index contributed by atoms with van der Waals surface area (Å²) >= 11 is 0. The molecule has 2 aliphatic rings. The number of ether oxygens (including phenoxy) is 1. The Balaban J connectivity index is 1.50. The average molecular weight is 369 g/mol. The maximum absolute atomic E-state index is 13.0. The number of benzene rings is 1. The largest absolute Gasteiger partial charge is 0.496 e. The first-order chi connectivity index (χ1) is 13.2. The van der Waals surface area contributed by atoms with E-state index in [2.05, 4.69) is 26.7 Å². The minimum Gasteiger partial charge on any atom is -0.496 e. The van der Waals surface area contributed by atoms with Crippen molar-refractivity contribution in [1.82, 2.24) is 24.6 Å². The van der Waals surface area contributed by atoms with Gasteiger partial charge in [0.2, 0.25) is 0 Å². The monoisotopic (exact) mass is 369 g/mol. The van der Waals surface area contributed by atoms with Crippen LogP contribution in [0.1, 0.15) is 40.8 Å². The molecule has 4 rings (SSSR count). The van der Waals surface area contributed by atoms with Gasteiger partial charge in [-0.2, -0.15) is 0 Å². The van der Waals surface area contributed by atoms with Gasteiger partial charge in [0, 0.05) is 32.0 Å². The summed E-state index contributed by atoms with van der Waals surface area (Å²) in [4.78, 5) is 17.3. The first-order valence-electron chi connectivity index (χ1n) is 9.70. The second-order valence-corrected chi connectivity index (χ2v) is 7.45. The predicted molar refractivity (Wildman–Crippen MR) is 102 cm³/mol. The second-order valence-electron chi connectivity index (χ2n) is 7.45. The number of rotatable bonds is 3. The first-order valence-corrected chi connectivity index (χ1v) is 9.70. The van der Waals surface area contributed by atoms with Crippen LogP contribution < -0.4 is 4.74 Å². The average Bonchev–Trinajstić information content (AvgIpc) is 2.99. The number of aromatic nitrogens is 3. The van der Waals surface area contributed by atoms with E-state index in [0.717, 1.165) is 50.5 Å². The molecule has 1 aromatic heterocycles. The van der Waals surface area contributed by atoms with E-state index in [1.54, 1.807) is 7.11 Å². The summed E-state index contributed by atoms with van der Waals surface area (Å²) in [7, 11) is 3.77. The zero-order chi connectivity index (χ0) is 18.8. The van der Waals surface area contributed by atoms with E-state index in [4.69, 9.17) is 4.74 Å². The fourth-order valence-corrected chi connectivity index (χ4v) is 4.11. The Morgan fingerprint density at radius 1 is 1.07 bits per heavy atom. The molecule has 0 N–H and O–H groups in total. The number of methoxy groups -OCH3 is 1. The normalized spacial score (nSPS) is 18.8. The number of nitrogens with zero attached hydrogens (tertiary/aromatic N) is 5. The summed E-state index contributed by atoms with van der Waals surface area (Å²) in [6.07, 6.45) is 2.98. The van der Waals surface area contributed by atoms with Crippen LogP contribution in [-0.2, 0) is 13.0 Å². The number of hydrogen-bond donors (Lipinski definition) is 0. The maximum atomic E-state index is 13.0. The van der Waals surface area contributed by atoms with Crippen molar-refractivity contribution in [2.24, 2.45) is 0 Å². The zero-order valence-electron chi connectivity index (χ0n) is 16.1. The summed E-state index contributed by atoms with van der Waals surface area (Å²) < 4.78 is 7.62. The van der Waals surface area contributed by atoms with Gasteiger partial charge in [-0.15, -0.1) is 10.2 Å². The van der Waals surface area contributed by atoms with Gasteiger partial charge in [-0.25, -0.2) is 0 Å². The van der Waals surface area contributed by atoms with Crippen LogP contribution in [0.2, 0.25) is 0 Å². The zero-order valence-corrected chi connectivity index (χ0v) is 16.1. The van der Waals surface area contributed by atoms with Gasteiger partial charge in [0.1, 0.15) is 17.4 Å². The van der Waals surface area contributed by atoms with Gasteiger partial charge in [-0.3, -0.25) is 4.79 Å². The van der Waals surface area contributed by atoms with E-state index < -0.39 is 0 Å². The van der Waals surface area contributed by atoms with Crippen molar-refractivity contribution in [1.29, 1.82) is 0 Å². The molecule has 1 aromatic carbocycles. The third kappa shape index (κ3) is 3.56. The lowest BCUT2D eigenvalue weighted by Gasteiger charge is -2.28. The highest BCUT2D eigenvalue weighted by Gasteiger charge is 2.28. The van der Waals surface area contributed by atoms with Crippen molar-refractivity contribution < 1.29 is 9.53 Å². The standard InChI is InChI=1S/C20H27N5O2/c1-23-10-7-15(8-11-23)19-22-21-18-9-12-24(13-14-25(18)19)20(26)16-5-3-4-6-17(16)27-2/h3-6,15H,7-14H2,1-2H3. The smallest absolute Gasteiger partial charge is 0.257 e. The Morgan fingerprint density at radius 2 is 1.85 bits per heavy atom. The Morgan fingerprint density at radius 3 is 2.63 bits per heavy atom. The highest BCUT2D eigenvalue weighted by molar-refractivity contribution is 5.97. The summed E-state index contributed by atoms with van der Waals surface area (Å²) in [6, 6.07) is 7.42. The van der Waals surface area contributed by atoms with Crippen LogP contribution in [0.15, 0.2) is 24.3 Å². The molecule has 0 saturated carbocycles. The summed E-state index contributed by atoms with van der Waals surface area (Å²) in [5, 5.41) is 8.96. The van der Waals surface area contributed by atoms with E-state index >= 15 is 0 Å². The van der Waals surface area contributed by atoms with Gasteiger partial charge in [-0.05, 0) is 45.1 Å². The quantitative estimate of drug-likeness (QED) is 0.825. The lowest BCUT2D eigenvalue weighted by atomic mass is 9.96. The molecule has 7 heteroatoms. The third-order valence-electron chi connectivity index (χ3n) is 5.76. The molecule has 0 radical (unpaired) electrons. The van der Waals surface area contributed by atoms with E-state index in [-0.39, 0.29) is 5.91 Å². The first kappa shape index (κ1) is 18.0. The van der Waals surface area contributed by atoms with Crippen molar-refractivity contribution in [3.63, 3.8) is 0 Å². The minimum absolute atomic E-state index is 0.0204. The highest BCUT2D eigenvalue weighted by Crippen LogP contribution is 2.28. The molecule has 0 atom stereocenters. The van der Waals surface area contributed by atoms with Gasteiger partial charge < -0.3 is 19.1 Å². The summed E-state index contributed by atoms with van der Waals surface area (Å²) in [5.74, 6) is 3.22. The lowest BCUT2D eigenvalue weighted by Crippen LogP contribution is -2.34. The Labute approximate surface area is 159 Å². The van der Waals surface area contributed by atoms with E-state index in [0.29, 0.717) is 30.3 Å². The van der Waals surface area contributed by atoms with Crippen LogP contribution in [0.25, 0.3) is 0 Å². The van der Waals surface area contributed by atoms with Gasteiger partial charge in [-0.1, -0.05) is 12.1 Å². The third-order valence-corrected chi connectivity index (χ3v) is 5.76. The number of para-hydroxylation sites is 1. The summed E-state index contributed by atoms with van der Waals surface area (Å²) in [6.45, 7) is 4.28. The van der Waals surface area contributed by atoms with Gasteiger partial charge >= 0.3 is 0 Å². The molecular formula is C20H27N5O2. The number of piperidine rings is 1. The molecule has 7 nitrogen and oxygen atoms in total. The Kier molecular flexibility index (Phi) is 5.11. The van der Waals surface area contributed by atoms with Crippen LogP contribution in [0.5, 0.6) is 5.75 Å². The number of likely N-dealkylation sites (tertiary alicyclic amines) is 1. The maximum Gasteiger partial charge on any atom is 0.257 e. The molecular weight excluding hydrogens is 342 g/mol. The van der Waals surface area contributed by atoms with Crippen LogP contribution in [0.3, 0.4) is 0 Å². The number of carbonyl (C=O) groups is 1. The molecule has 2 aliphatic heterocycles. The topological polar surface area (TPSA) is 63.5 Å². The molecule has 1 amide bonds. The molecule has 2 aromatic rings. The van der Waals surface area contributed by atoms with Gasteiger partial charge in [0.05, 0.1) is 12.7 Å². The van der Waals surface area contributed by atoms with E-state index in [1.807, 2.05) is 29.2 Å². The van der Waals surface area contributed by atoms with Crippen LogP contribution in [0, 0.1) is 0 Å². The van der Waals surface area contributed by atoms with Crippen LogP contribution >= 0.6 is 0 Å². The minimum atomic E-state index is 0.0204. The van der Waals surface area contributed by atoms with Crippen molar-refractivity contribution in [3.05, 3.63) is 41.5 Å². The molecule has 3 heterocycles. The lowest BCUT2D eigenvalue weighted by molar-refractivity contribution is 0.0755. The van der Waals surface area contributed by atoms with Crippen LogP contribution in [0.4, 0.5) is 0 Å². The molecule has 1 fully saturated rings. The van der Waals surface area contributed by atoms with Crippen molar-refractivity contribution >= 4 is 5.91 Å². The Bertz CT molecular complexity index is 810. The van der Waals surface area contributed by atoms with Crippen molar-refractivity contribution in [2.45, 2.75) is 31.7 Å². The Hall–Kier alpha value is -2.41. The SMILES string of the molecule is COc1ccccc1C(=O)N1CCc2nnc(C3CCN(C)CC3)n2CC1. The fourth-order valence-electron chi connectivity index (χ4n) is 4.11. The van der Waals surface area contributed by atoms with Crippen molar-refractivity contribution in [3.8, 4) is 5.75 Å².